The third-order valence-electron chi connectivity index (χ3n) is 0.686. The minimum atomic E-state index is 0. The normalized spacial score (nSPS) is 8.57. The molecule has 1 unspecified atom stereocenters. The summed E-state index contributed by atoms with van der Waals surface area (Å²) in [5.41, 5.74) is 0. The van der Waals surface area contributed by atoms with Gasteiger partial charge in [-0.05, 0) is 11.8 Å². The summed E-state index contributed by atoms with van der Waals surface area (Å²) in [5.74, 6) is 0. The van der Waals surface area contributed by atoms with Crippen LogP contribution in [0.25, 0.3) is 0 Å². The fourth-order valence-electron chi connectivity index (χ4n) is 0.224. The number of hydrogen-bond donors (Lipinski definition) is 0. The maximum absolute atomic E-state index is 5.48. The second-order valence-corrected chi connectivity index (χ2v) is 1.57. The van der Waals surface area contributed by atoms with Crippen molar-refractivity contribution in [3.8, 4) is 0 Å². The van der Waals surface area contributed by atoms with Gasteiger partial charge in [0.05, 0.1) is 0 Å². The maximum Gasteiger partial charge on any atom is 0.0110 e. The molecular weight excluding hydrogens is 128 g/mol. The van der Waals surface area contributed by atoms with Crippen molar-refractivity contribution in [3.05, 3.63) is 0 Å². The first-order valence-corrected chi connectivity index (χ1v) is 2.55. The first kappa shape index (κ1) is 10.6. The Hall–Kier alpha value is 0.680. The van der Waals surface area contributed by atoms with Crippen molar-refractivity contribution in [1.29, 1.82) is 0 Å². The molecule has 0 heterocycles. The van der Waals surface area contributed by atoms with Crippen LogP contribution in [0.4, 0.5) is 0 Å². The van der Waals surface area contributed by atoms with Gasteiger partial charge in [0.25, 0.3) is 0 Å². The van der Waals surface area contributed by atoms with Crippen LogP contribution < -0.4 is 0 Å². The Morgan fingerprint density at radius 3 is 1.57 bits per heavy atom. The van der Waals surface area contributed by atoms with E-state index in [0.29, 0.717) is 0 Å². The minimum absolute atomic E-state index is 0. The zero-order valence-electron chi connectivity index (χ0n) is 4.95. The Labute approximate surface area is 53.8 Å². The summed E-state index contributed by atoms with van der Waals surface area (Å²) in [6.45, 7) is 5.91. The van der Waals surface area contributed by atoms with Crippen molar-refractivity contribution < 1.29 is 0 Å². The van der Waals surface area contributed by atoms with Gasteiger partial charge in [0.2, 0.25) is 0 Å². The molecule has 0 amide bonds. The molecule has 0 aromatic heterocycles. The number of rotatable bonds is 2. The quantitative estimate of drug-likeness (QED) is 0.417. The molecule has 1 atom stereocenters. The van der Waals surface area contributed by atoms with Crippen molar-refractivity contribution in [1.82, 2.24) is 4.42 Å². The highest BCUT2D eigenvalue weighted by Gasteiger charge is 1.85. The third-order valence-corrected chi connectivity index (χ3v) is 1.16. The highest BCUT2D eigenvalue weighted by Crippen LogP contribution is 1.87. The van der Waals surface area contributed by atoms with Gasteiger partial charge in [0.1, 0.15) is 0 Å². The van der Waals surface area contributed by atoms with Crippen LogP contribution in [-0.2, 0) is 0 Å². The van der Waals surface area contributed by atoms with E-state index in [1.54, 1.807) is 4.42 Å². The van der Waals surface area contributed by atoms with Gasteiger partial charge in [0, 0.05) is 13.1 Å². The van der Waals surface area contributed by atoms with Crippen LogP contribution in [0.15, 0.2) is 0 Å². The summed E-state index contributed by atoms with van der Waals surface area (Å²) in [7, 11) is 0. The number of nitrogens with zero attached hydrogens (tertiary/aromatic N) is 1. The lowest BCUT2D eigenvalue weighted by molar-refractivity contribution is 0.507. The molecule has 0 aromatic rings. The van der Waals surface area contributed by atoms with Gasteiger partial charge < -0.3 is 0 Å². The van der Waals surface area contributed by atoms with Gasteiger partial charge in [0.15, 0.2) is 0 Å². The largest absolute Gasteiger partial charge is 0.221 e. The summed E-state index contributed by atoms with van der Waals surface area (Å²) in [5, 5.41) is 0. The predicted molar refractivity (Wildman–Crippen MR) is 39.9 cm³/mol. The topological polar surface area (TPSA) is 3.24 Å². The maximum atomic E-state index is 5.48. The molecular formula is C4H13ClNP. The lowest BCUT2D eigenvalue weighted by atomic mass is 10.7. The smallest absolute Gasteiger partial charge is 0.0110 e. The van der Waals surface area contributed by atoms with E-state index in [0.717, 1.165) is 13.1 Å². The molecule has 0 fully saturated rings. The second kappa shape index (κ2) is 6.68. The van der Waals surface area contributed by atoms with Crippen molar-refractivity contribution >= 4 is 21.7 Å². The molecule has 0 rings (SSSR count). The van der Waals surface area contributed by atoms with Crippen molar-refractivity contribution in [3.63, 3.8) is 0 Å². The molecule has 7 heavy (non-hydrogen) atoms. The average Bonchev–Trinajstić information content (AvgIpc) is 1.65. The van der Waals surface area contributed by atoms with E-state index >= 15 is 0 Å². The number of halogens is 1. The van der Waals surface area contributed by atoms with Gasteiger partial charge in [-0.3, -0.25) is 0 Å². The first-order valence-electron chi connectivity index (χ1n) is 2.22. The number of hydrogen-bond acceptors (Lipinski definition) is 1. The molecule has 0 saturated heterocycles. The lowest BCUT2D eigenvalue weighted by Crippen LogP contribution is -2.08. The summed E-state index contributed by atoms with van der Waals surface area (Å²) < 4.78 is 1.72. The molecule has 46 valence electrons. The molecule has 0 aliphatic rings. The highest BCUT2D eigenvalue weighted by molar-refractivity contribution is 6.92. The summed E-state index contributed by atoms with van der Waals surface area (Å²) >= 11 is 5.48. The van der Waals surface area contributed by atoms with Gasteiger partial charge in [-0.25, -0.2) is 4.42 Å². The molecule has 0 saturated carbocycles. The zero-order chi connectivity index (χ0) is 4.99. The third kappa shape index (κ3) is 6.68. The van der Waals surface area contributed by atoms with Gasteiger partial charge in [-0.1, -0.05) is 13.8 Å². The summed E-state index contributed by atoms with van der Waals surface area (Å²) in [6.07, 6.45) is 0. The van der Waals surface area contributed by atoms with E-state index in [1.807, 2.05) is 13.8 Å². The van der Waals surface area contributed by atoms with E-state index in [9.17, 15) is 0 Å². The van der Waals surface area contributed by atoms with Crippen LogP contribution in [0.2, 0.25) is 0 Å². The lowest BCUT2D eigenvalue weighted by Gasteiger charge is -2.03. The summed E-state index contributed by atoms with van der Waals surface area (Å²) in [4.78, 5) is 0. The molecule has 0 spiro atoms. The van der Waals surface area contributed by atoms with Crippen LogP contribution in [0.1, 0.15) is 13.8 Å². The van der Waals surface area contributed by atoms with Crippen molar-refractivity contribution in [2.75, 3.05) is 13.1 Å². The van der Waals surface area contributed by atoms with Crippen LogP contribution in [0, 0.1) is 0 Å². The molecule has 0 N–H and O–H groups in total. The minimum Gasteiger partial charge on any atom is -0.221 e. The Balaban J connectivity index is 0. The van der Waals surface area contributed by atoms with Crippen molar-refractivity contribution in [2.45, 2.75) is 13.8 Å². The average molecular weight is 142 g/mol. The predicted octanol–water partition coefficient (Wildman–Crippen LogP) is 1.54. The fraction of sp³-hybridized carbons (Fsp3) is 1.00. The monoisotopic (exact) mass is 141 g/mol. The van der Waals surface area contributed by atoms with Crippen molar-refractivity contribution in [2.24, 2.45) is 0 Å². The van der Waals surface area contributed by atoms with E-state index < -0.39 is 0 Å². The van der Waals surface area contributed by atoms with Crippen LogP contribution in [0.3, 0.4) is 0 Å². The fourth-order valence-corrected chi connectivity index (χ4v) is 0.224. The Morgan fingerprint density at radius 2 is 1.57 bits per heavy atom. The second-order valence-electron chi connectivity index (χ2n) is 1.10. The molecule has 0 aromatic carbocycles. The molecule has 0 aliphatic carbocycles. The zero-order valence-corrected chi connectivity index (χ0v) is 7.12. The highest BCUT2D eigenvalue weighted by atomic mass is 35.5. The SMILES string of the molecule is CCN(Cl)CC.P. The first-order chi connectivity index (χ1) is 2.81. The van der Waals surface area contributed by atoms with Crippen LogP contribution >= 0.6 is 21.7 Å². The van der Waals surface area contributed by atoms with E-state index in [2.05, 4.69) is 0 Å². The molecule has 3 heteroatoms. The van der Waals surface area contributed by atoms with Gasteiger partial charge >= 0.3 is 0 Å². The van der Waals surface area contributed by atoms with E-state index in [-0.39, 0.29) is 9.90 Å². The standard InChI is InChI=1S/C4H10ClN.H3P/c1-3-6(5)4-2;/h3-4H2,1-2H3;1H3. The summed E-state index contributed by atoms with van der Waals surface area (Å²) in [6, 6.07) is 0. The van der Waals surface area contributed by atoms with Crippen LogP contribution in [0.5, 0.6) is 0 Å². The Bertz CT molecular complexity index is 30.9. The van der Waals surface area contributed by atoms with Crippen LogP contribution in [-0.4, -0.2) is 17.5 Å². The Kier molecular flexibility index (Phi) is 10.1. The molecule has 0 radical (unpaired) electrons. The Morgan fingerprint density at radius 1 is 1.29 bits per heavy atom. The van der Waals surface area contributed by atoms with Gasteiger partial charge in [-0.2, -0.15) is 9.90 Å². The molecule has 0 aliphatic heterocycles. The van der Waals surface area contributed by atoms with E-state index in [1.165, 1.54) is 0 Å². The molecule has 1 nitrogen and oxygen atoms in total. The van der Waals surface area contributed by atoms with Gasteiger partial charge in [-0.15, -0.1) is 0 Å². The van der Waals surface area contributed by atoms with E-state index in [4.69, 9.17) is 11.8 Å². The molecule has 0 bridgehead atoms.